The van der Waals surface area contributed by atoms with E-state index in [2.05, 4.69) is 54.4 Å². The lowest BCUT2D eigenvalue weighted by molar-refractivity contribution is -0.117. The fraction of sp³-hybridized carbons (Fsp3) is 0.174. The maximum atomic E-state index is 12.7. The summed E-state index contributed by atoms with van der Waals surface area (Å²) < 4.78 is 0. The Kier molecular flexibility index (Phi) is 4.73. The van der Waals surface area contributed by atoms with Gasteiger partial charge in [-0.25, -0.2) is 0 Å². The largest absolute Gasteiger partial charge is 0.343 e. The predicted molar refractivity (Wildman–Crippen MR) is 121 cm³/mol. The van der Waals surface area contributed by atoms with Crippen LogP contribution in [-0.2, 0) is 4.79 Å². The number of hydrogen-bond acceptors (Lipinski definition) is 3. The maximum absolute atomic E-state index is 12.7. The number of amides is 1. The Hall–Kier alpha value is -2.14. The molecule has 0 radical (unpaired) electrons. The summed E-state index contributed by atoms with van der Waals surface area (Å²) in [4.78, 5) is 19.2. The highest BCUT2D eigenvalue weighted by molar-refractivity contribution is 7.99. The van der Waals surface area contributed by atoms with Crippen LogP contribution in [0.2, 0.25) is 10.0 Å². The number of para-hydroxylation sites is 1. The van der Waals surface area contributed by atoms with Crippen molar-refractivity contribution in [1.82, 2.24) is 0 Å². The minimum atomic E-state index is -0.0328. The van der Waals surface area contributed by atoms with Crippen LogP contribution in [0.15, 0.2) is 70.5 Å². The Morgan fingerprint density at radius 3 is 2.52 bits per heavy atom. The van der Waals surface area contributed by atoms with Crippen LogP contribution >= 0.6 is 35.0 Å². The minimum Gasteiger partial charge on any atom is -0.343 e. The van der Waals surface area contributed by atoms with Crippen molar-refractivity contribution in [3.05, 3.63) is 76.3 Å². The van der Waals surface area contributed by atoms with E-state index in [1.165, 1.54) is 21.2 Å². The first-order valence-electron chi connectivity index (χ1n) is 9.44. The summed E-state index contributed by atoms with van der Waals surface area (Å²) in [6, 6.07) is 20.2. The summed E-state index contributed by atoms with van der Waals surface area (Å²) in [6.45, 7) is 0. The third-order valence-corrected chi connectivity index (χ3v) is 7.21. The van der Waals surface area contributed by atoms with E-state index in [1.807, 2.05) is 11.0 Å². The lowest BCUT2D eigenvalue weighted by Gasteiger charge is -2.31. The van der Waals surface area contributed by atoms with Crippen molar-refractivity contribution in [2.45, 2.75) is 28.7 Å². The maximum Gasteiger partial charge on any atom is 0.227 e. The molecule has 3 aromatic carbocycles. The van der Waals surface area contributed by atoms with Crippen molar-refractivity contribution in [3.63, 3.8) is 0 Å². The first kappa shape index (κ1) is 18.9. The highest BCUT2D eigenvalue weighted by atomic mass is 35.5. The topological polar surface area (TPSA) is 23.6 Å². The van der Waals surface area contributed by atoms with E-state index in [-0.39, 0.29) is 11.9 Å². The third-order valence-electron chi connectivity index (χ3n) is 5.56. The molecule has 0 N–H and O–H groups in total. The standard InChI is InChI=1S/C23H18Cl2N2OS/c1-26-19-4-2-3-5-21(19)29-22-12-14(6-8-20(22)26)17-10-11-23(28)27(17)18-9-7-15(24)13-16(18)25/h2-9,12-13,17H,10-11H2,1H3. The molecule has 0 bridgehead atoms. The number of halogens is 2. The van der Waals surface area contributed by atoms with Crippen LogP contribution < -0.4 is 9.80 Å². The van der Waals surface area contributed by atoms with E-state index >= 15 is 0 Å². The first-order chi connectivity index (χ1) is 14.0. The molecule has 146 valence electrons. The van der Waals surface area contributed by atoms with Crippen LogP contribution in [0.3, 0.4) is 0 Å². The molecule has 6 heteroatoms. The number of anilines is 3. The number of carbonyl (C=O) groups excluding carboxylic acids is 1. The number of benzene rings is 3. The fourth-order valence-corrected chi connectivity index (χ4v) is 5.84. The Bertz CT molecular complexity index is 1130. The SMILES string of the molecule is CN1c2ccccc2Sc2cc(C3CCC(=O)N3c3ccc(Cl)cc3Cl)ccc21. The summed E-state index contributed by atoms with van der Waals surface area (Å²) in [7, 11) is 2.09. The van der Waals surface area contributed by atoms with Gasteiger partial charge in [0.25, 0.3) is 0 Å². The van der Waals surface area contributed by atoms with Gasteiger partial charge in [0.1, 0.15) is 0 Å². The Balaban J connectivity index is 1.54. The van der Waals surface area contributed by atoms with Crippen LogP contribution in [0.4, 0.5) is 17.1 Å². The van der Waals surface area contributed by atoms with Crippen molar-refractivity contribution < 1.29 is 4.79 Å². The zero-order chi connectivity index (χ0) is 20.1. The summed E-state index contributed by atoms with van der Waals surface area (Å²) >= 11 is 14.3. The number of rotatable bonds is 2. The van der Waals surface area contributed by atoms with Crippen LogP contribution in [0.25, 0.3) is 0 Å². The molecular weight excluding hydrogens is 423 g/mol. The predicted octanol–water partition coefficient (Wildman–Crippen LogP) is 7.09. The van der Waals surface area contributed by atoms with Crippen molar-refractivity contribution in [1.29, 1.82) is 0 Å². The first-order valence-corrected chi connectivity index (χ1v) is 11.0. The molecule has 3 aromatic rings. The summed E-state index contributed by atoms with van der Waals surface area (Å²) in [5.41, 5.74) is 4.23. The molecule has 0 aromatic heterocycles. The molecule has 2 aliphatic rings. The van der Waals surface area contributed by atoms with Crippen LogP contribution in [0, 0.1) is 0 Å². The summed E-state index contributed by atoms with van der Waals surface area (Å²) in [5.74, 6) is 0.0899. The average molecular weight is 441 g/mol. The lowest BCUT2D eigenvalue weighted by atomic mass is 10.0. The average Bonchev–Trinajstić information content (AvgIpc) is 3.09. The van der Waals surface area contributed by atoms with E-state index in [0.717, 1.165) is 17.7 Å². The molecule has 1 saturated heterocycles. The van der Waals surface area contributed by atoms with E-state index < -0.39 is 0 Å². The zero-order valence-corrected chi connectivity index (χ0v) is 18.1. The molecular formula is C23H18Cl2N2OS. The van der Waals surface area contributed by atoms with Gasteiger partial charge < -0.3 is 9.80 Å². The van der Waals surface area contributed by atoms with Crippen molar-refractivity contribution in [3.8, 4) is 0 Å². The van der Waals surface area contributed by atoms with Crippen LogP contribution in [0.1, 0.15) is 24.4 Å². The minimum absolute atomic E-state index is 0.0328. The number of nitrogens with zero attached hydrogens (tertiary/aromatic N) is 2. The summed E-state index contributed by atoms with van der Waals surface area (Å²) in [6.07, 6.45) is 1.28. The molecule has 1 fully saturated rings. The van der Waals surface area contributed by atoms with Gasteiger partial charge in [0, 0.05) is 28.3 Å². The molecule has 3 nitrogen and oxygen atoms in total. The van der Waals surface area contributed by atoms with Crippen molar-refractivity contribution >= 4 is 57.9 Å². The molecule has 1 atom stereocenters. The van der Waals surface area contributed by atoms with Gasteiger partial charge >= 0.3 is 0 Å². The second-order valence-corrected chi connectivity index (χ2v) is 9.20. The molecule has 0 aliphatic carbocycles. The van der Waals surface area contributed by atoms with Gasteiger partial charge in [0.05, 0.1) is 28.1 Å². The van der Waals surface area contributed by atoms with Crippen molar-refractivity contribution in [2.24, 2.45) is 0 Å². The van der Waals surface area contributed by atoms with Gasteiger partial charge in [0.2, 0.25) is 5.91 Å². The third kappa shape index (κ3) is 3.20. The molecule has 2 heterocycles. The smallest absolute Gasteiger partial charge is 0.227 e. The number of fused-ring (bicyclic) bond motifs is 2. The number of carbonyl (C=O) groups is 1. The molecule has 0 saturated carbocycles. The summed E-state index contributed by atoms with van der Waals surface area (Å²) in [5, 5.41) is 1.06. The molecule has 2 aliphatic heterocycles. The second kappa shape index (κ2) is 7.28. The normalized spacial score (nSPS) is 18.0. The quantitative estimate of drug-likeness (QED) is 0.424. The zero-order valence-electron chi connectivity index (χ0n) is 15.7. The Morgan fingerprint density at radius 2 is 1.69 bits per heavy atom. The monoisotopic (exact) mass is 440 g/mol. The highest BCUT2D eigenvalue weighted by Gasteiger charge is 2.35. The molecule has 5 rings (SSSR count). The molecule has 0 spiro atoms. The number of hydrogen-bond donors (Lipinski definition) is 0. The fourth-order valence-electron chi connectivity index (χ4n) is 4.14. The van der Waals surface area contributed by atoms with Gasteiger partial charge in [-0.15, -0.1) is 0 Å². The van der Waals surface area contributed by atoms with Crippen molar-refractivity contribution in [2.75, 3.05) is 16.8 Å². The van der Waals surface area contributed by atoms with E-state index in [9.17, 15) is 4.79 Å². The Morgan fingerprint density at radius 1 is 0.931 bits per heavy atom. The van der Waals surface area contributed by atoms with Gasteiger partial charge in [0.15, 0.2) is 0 Å². The second-order valence-electron chi connectivity index (χ2n) is 7.27. The van der Waals surface area contributed by atoms with Crippen LogP contribution in [-0.4, -0.2) is 13.0 Å². The lowest BCUT2D eigenvalue weighted by Crippen LogP contribution is -2.27. The van der Waals surface area contributed by atoms with Gasteiger partial charge in [-0.3, -0.25) is 4.79 Å². The molecule has 29 heavy (non-hydrogen) atoms. The highest BCUT2D eigenvalue weighted by Crippen LogP contribution is 2.49. The van der Waals surface area contributed by atoms with Gasteiger partial charge in [-0.05, 0) is 54.4 Å². The molecule has 1 amide bonds. The van der Waals surface area contributed by atoms with Crippen LogP contribution in [0.5, 0.6) is 0 Å². The Labute approximate surface area is 184 Å². The van der Waals surface area contributed by atoms with E-state index in [0.29, 0.717) is 16.5 Å². The van der Waals surface area contributed by atoms with E-state index in [1.54, 1.807) is 23.9 Å². The van der Waals surface area contributed by atoms with E-state index in [4.69, 9.17) is 23.2 Å². The van der Waals surface area contributed by atoms with Gasteiger partial charge in [-0.1, -0.05) is 53.2 Å². The van der Waals surface area contributed by atoms with Gasteiger partial charge in [-0.2, -0.15) is 0 Å². The molecule has 1 unspecified atom stereocenters.